The summed E-state index contributed by atoms with van der Waals surface area (Å²) < 4.78 is 1.72. The lowest BCUT2D eigenvalue weighted by Crippen LogP contribution is -2.27. The number of hydrogen-bond acceptors (Lipinski definition) is 2. The smallest absolute Gasteiger partial charge is 0.275 e. The molecule has 0 aliphatic carbocycles. The molecule has 2 aromatic heterocycles. The third-order valence-corrected chi connectivity index (χ3v) is 5.38. The molecule has 5 nitrogen and oxygen atoms in total. The molecule has 0 unspecified atom stereocenters. The number of H-pyrrole nitrogens is 1. The number of aryl methyl sites for hydroxylation is 1. The predicted octanol–water partition coefficient (Wildman–Crippen LogP) is 4.12. The fraction of sp³-hybridized carbons (Fsp3) is 0.304. The van der Waals surface area contributed by atoms with E-state index in [-0.39, 0.29) is 11.5 Å². The fourth-order valence-corrected chi connectivity index (χ4v) is 3.88. The third kappa shape index (κ3) is 3.28. The Morgan fingerprint density at radius 3 is 2.57 bits per heavy atom. The maximum absolute atomic E-state index is 12.8. The molecule has 1 amide bonds. The van der Waals surface area contributed by atoms with Crippen LogP contribution < -0.4 is 5.56 Å². The van der Waals surface area contributed by atoms with Gasteiger partial charge in [-0.15, -0.1) is 0 Å². The Hall–Kier alpha value is -3.08. The highest BCUT2D eigenvalue weighted by Gasteiger charge is 2.19. The van der Waals surface area contributed by atoms with Crippen molar-refractivity contribution in [1.82, 2.24) is 14.5 Å². The Balaban J connectivity index is 1.76. The van der Waals surface area contributed by atoms with E-state index in [1.807, 2.05) is 67.4 Å². The van der Waals surface area contributed by atoms with Gasteiger partial charge in [0.2, 0.25) is 0 Å². The number of nitrogens with zero attached hydrogens (tertiary/aromatic N) is 2. The second kappa shape index (κ2) is 7.50. The second-order valence-corrected chi connectivity index (χ2v) is 7.39. The molecule has 1 saturated heterocycles. The second-order valence-electron chi connectivity index (χ2n) is 7.39. The Kier molecular flexibility index (Phi) is 4.90. The summed E-state index contributed by atoms with van der Waals surface area (Å²) in [5.41, 5.74) is 4.26. The molecule has 0 spiro atoms. The van der Waals surface area contributed by atoms with Gasteiger partial charge in [-0.1, -0.05) is 24.3 Å². The lowest BCUT2D eigenvalue weighted by Gasteiger charge is -2.15. The maximum Gasteiger partial charge on any atom is 0.275 e. The number of pyridine rings is 1. The molecule has 3 aromatic rings. The number of allylic oxidation sites excluding steroid dienone is 2. The van der Waals surface area contributed by atoms with E-state index in [0.717, 1.165) is 53.7 Å². The topological polar surface area (TPSA) is 58.1 Å². The van der Waals surface area contributed by atoms with Gasteiger partial charge in [0.1, 0.15) is 5.52 Å². The van der Waals surface area contributed by atoms with E-state index in [0.29, 0.717) is 12.1 Å². The summed E-state index contributed by atoms with van der Waals surface area (Å²) in [5, 5.41) is 0.915. The minimum atomic E-state index is -0.0224. The first-order valence-electron chi connectivity index (χ1n) is 9.82. The molecule has 3 heterocycles. The molecular formula is C23H25N3O2. The summed E-state index contributed by atoms with van der Waals surface area (Å²) in [6.07, 6.45) is 7.99. The highest BCUT2D eigenvalue weighted by atomic mass is 16.2. The summed E-state index contributed by atoms with van der Waals surface area (Å²) in [5.74, 6) is 0.102. The molecule has 0 saturated carbocycles. The van der Waals surface area contributed by atoms with E-state index in [2.05, 4.69) is 4.98 Å². The summed E-state index contributed by atoms with van der Waals surface area (Å²) in [6, 6.07) is 9.75. The first-order valence-corrected chi connectivity index (χ1v) is 9.82. The fourth-order valence-electron chi connectivity index (χ4n) is 3.88. The van der Waals surface area contributed by atoms with Crippen LogP contribution in [0.3, 0.4) is 0 Å². The first-order chi connectivity index (χ1) is 13.6. The van der Waals surface area contributed by atoms with Crippen LogP contribution in [0, 0.1) is 6.92 Å². The van der Waals surface area contributed by atoms with Crippen LogP contribution in [0.15, 0.2) is 53.5 Å². The zero-order chi connectivity index (χ0) is 19.7. The average Bonchev–Trinajstić information content (AvgIpc) is 3.37. The zero-order valence-electron chi connectivity index (χ0n) is 16.4. The van der Waals surface area contributed by atoms with E-state index in [4.69, 9.17) is 0 Å². The molecule has 1 N–H and O–H groups in total. The Labute approximate surface area is 164 Å². The summed E-state index contributed by atoms with van der Waals surface area (Å²) in [7, 11) is 0. The van der Waals surface area contributed by atoms with Crippen LogP contribution >= 0.6 is 0 Å². The van der Waals surface area contributed by atoms with Crippen molar-refractivity contribution >= 4 is 16.8 Å². The van der Waals surface area contributed by atoms with Gasteiger partial charge in [-0.25, -0.2) is 0 Å². The molecule has 0 bridgehead atoms. The van der Waals surface area contributed by atoms with Crippen molar-refractivity contribution in [3.8, 4) is 11.1 Å². The van der Waals surface area contributed by atoms with Crippen LogP contribution in [-0.4, -0.2) is 33.4 Å². The van der Waals surface area contributed by atoms with E-state index in [1.54, 1.807) is 4.57 Å². The van der Waals surface area contributed by atoms with Gasteiger partial charge in [-0.05, 0) is 50.5 Å². The molecule has 4 rings (SSSR count). The van der Waals surface area contributed by atoms with Crippen molar-refractivity contribution in [3.05, 3.63) is 70.3 Å². The highest BCUT2D eigenvalue weighted by molar-refractivity contribution is 5.97. The van der Waals surface area contributed by atoms with Crippen molar-refractivity contribution in [2.75, 3.05) is 13.1 Å². The molecule has 1 aliphatic heterocycles. The van der Waals surface area contributed by atoms with Gasteiger partial charge in [-0.3, -0.25) is 9.59 Å². The number of aromatic nitrogens is 2. The van der Waals surface area contributed by atoms with Crippen LogP contribution in [0.25, 0.3) is 22.0 Å². The number of hydrogen-bond donors (Lipinski definition) is 1. The lowest BCUT2D eigenvalue weighted by molar-refractivity contribution is 0.0793. The summed E-state index contributed by atoms with van der Waals surface area (Å²) in [4.78, 5) is 30.5. The largest absolute Gasteiger partial charge is 0.354 e. The molecule has 1 aromatic carbocycles. The quantitative estimate of drug-likeness (QED) is 0.698. The van der Waals surface area contributed by atoms with Crippen LogP contribution in [0.4, 0.5) is 0 Å². The molecular weight excluding hydrogens is 350 g/mol. The molecule has 1 aliphatic rings. The van der Waals surface area contributed by atoms with E-state index in [1.165, 1.54) is 0 Å². The van der Waals surface area contributed by atoms with E-state index in [9.17, 15) is 9.59 Å². The van der Waals surface area contributed by atoms with Crippen LogP contribution in [0.1, 0.15) is 35.8 Å². The van der Waals surface area contributed by atoms with Crippen molar-refractivity contribution in [2.45, 2.75) is 33.2 Å². The number of aromatic amines is 1. The number of carbonyl (C=O) groups is 1. The third-order valence-electron chi connectivity index (χ3n) is 5.38. The van der Waals surface area contributed by atoms with Gasteiger partial charge < -0.3 is 14.5 Å². The van der Waals surface area contributed by atoms with Crippen LogP contribution in [0.5, 0.6) is 0 Å². The average molecular weight is 375 g/mol. The molecule has 28 heavy (non-hydrogen) atoms. The van der Waals surface area contributed by atoms with E-state index < -0.39 is 0 Å². The van der Waals surface area contributed by atoms with Crippen LogP contribution in [0.2, 0.25) is 0 Å². The van der Waals surface area contributed by atoms with Gasteiger partial charge in [0, 0.05) is 48.0 Å². The number of carbonyl (C=O) groups excluding carboxylic acids is 1. The number of rotatable bonds is 4. The minimum Gasteiger partial charge on any atom is -0.354 e. The van der Waals surface area contributed by atoms with Gasteiger partial charge in [0.05, 0.1) is 0 Å². The Bertz CT molecular complexity index is 1100. The maximum atomic E-state index is 12.8. The standard InChI is InChI=1S/C23H25N3O2/c1-3-4-11-26-15-20(19-14-16(2)24-21(19)23(26)28)17-7-9-18(10-8-17)22(27)25-12-5-6-13-25/h3-4,7-10,14-15,24H,5-6,11-13H2,1-2H3. The SMILES string of the molecule is CC=CCn1cc(-c2ccc(C(=O)N3CCCC3)cc2)c2cc(C)[nH]c2c1=O. The molecule has 1 fully saturated rings. The molecule has 144 valence electrons. The van der Waals surface area contributed by atoms with Crippen LogP contribution in [-0.2, 0) is 6.54 Å². The first kappa shape index (κ1) is 18.3. The highest BCUT2D eigenvalue weighted by Crippen LogP contribution is 2.28. The Morgan fingerprint density at radius 2 is 1.89 bits per heavy atom. The molecule has 5 heteroatoms. The number of nitrogens with one attached hydrogen (secondary N) is 1. The predicted molar refractivity (Wildman–Crippen MR) is 113 cm³/mol. The van der Waals surface area contributed by atoms with Crippen molar-refractivity contribution < 1.29 is 4.79 Å². The summed E-state index contributed by atoms with van der Waals surface area (Å²) in [6.45, 7) is 6.12. The summed E-state index contributed by atoms with van der Waals surface area (Å²) >= 11 is 0. The van der Waals surface area contributed by atoms with Crippen molar-refractivity contribution in [2.24, 2.45) is 0 Å². The minimum absolute atomic E-state index is 0.0224. The number of likely N-dealkylation sites (tertiary alicyclic amines) is 1. The normalized spacial score (nSPS) is 14.4. The van der Waals surface area contributed by atoms with E-state index >= 15 is 0 Å². The lowest BCUT2D eigenvalue weighted by atomic mass is 10.0. The van der Waals surface area contributed by atoms with Gasteiger partial charge >= 0.3 is 0 Å². The molecule has 0 radical (unpaired) electrons. The number of benzene rings is 1. The molecule has 0 atom stereocenters. The van der Waals surface area contributed by atoms with Gasteiger partial charge in [-0.2, -0.15) is 0 Å². The van der Waals surface area contributed by atoms with Crippen molar-refractivity contribution in [3.63, 3.8) is 0 Å². The monoisotopic (exact) mass is 375 g/mol. The zero-order valence-corrected chi connectivity index (χ0v) is 16.4. The number of amides is 1. The number of fused-ring (bicyclic) bond motifs is 1. The Morgan fingerprint density at radius 1 is 1.18 bits per heavy atom. The van der Waals surface area contributed by atoms with Gasteiger partial charge in [0.15, 0.2) is 0 Å². The van der Waals surface area contributed by atoms with Gasteiger partial charge in [0.25, 0.3) is 11.5 Å². The van der Waals surface area contributed by atoms with Crippen molar-refractivity contribution in [1.29, 1.82) is 0 Å².